The Morgan fingerprint density at radius 1 is 1.14 bits per heavy atom. The van der Waals surface area contributed by atoms with E-state index < -0.39 is 0 Å². The smallest absolute Gasteiger partial charge is 0.228 e. The molecular weight excluding hydrogens is 441 g/mol. The molecular formula is C15H9Br2Cl2NO. The summed E-state index contributed by atoms with van der Waals surface area (Å²) >= 11 is 19.6. The van der Waals surface area contributed by atoms with Crippen molar-refractivity contribution < 1.29 is 4.79 Å². The van der Waals surface area contributed by atoms with Crippen LogP contribution in [-0.4, -0.2) is 5.91 Å². The van der Waals surface area contributed by atoms with Gasteiger partial charge in [-0.2, -0.15) is 0 Å². The highest BCUT2D eigenvalue weighted by atomic mass is 79.9. The molecule has 0 spiro atoms. The fraction of sp³-hybridized carbons (Fsp3) is 0.133. The Balaban J connectivity index is 2.04. The summed E-state index contributed by atoms with van der Waals surface area (Å²) < 4.78 is 0.906. The van der Waals surface area contributed by atoms with Crippen molar-refractivity contribution in [1.82, 2.24) is 0 Å². The normalized spacial score (nSPS) is 14.8. The highest BCUT2D eigenvalue weighted by molar-refractivity contribution is 9.10. The van der Waals surface area contributed by atoms with Gasteiger partial charge in [-0.3, -0.25) is 4.79 Å². The van der Waals surface area contributed by atoms with Crippen molar-refractivity contribution in [1.29, 1.82) is 0 Å². The number of fused-ring (bicyclic) bond motifs is 1. The van der Waals surface area contributed by atoms with Gasteiger partial charge in [-0.05, 0) is 41.0 Å². The minimum absolute atomic E-state index is 0.00478. The van der Waals surface area contributed by atoms with E-state index in [2.05, 4.69) is 37.2 Å². The maximum atomic E-state index is 11.5. The monoisotopic (exact) mass is 447 g/mol. The predicted molar refractivity (Wildman–Crippen MR) is 93.7 cm³/mol. The number of nitrogens with one attached hydrogen (secondary N) is 1. The van der Waals surface area contributed by atoms with E-state index in [1.165, 1.54) is 0 Å². The highest BCUT2D eigenvalue weighted by Crippen LogP contribution is 2.40. The van der Waals surface area contributed by atoms with Crippen molar-refractivity contribution in [3.05, 3.63) is 61.5 Å². The Morgan fingerprint density at radius 3 is 2.62 bits per heavy atom. The summed E-state index contributed by atoms with van der Waals surface area (Å²) in [5, 5.41) is 4.05. The van der Waals surface area contributed by atoms with Gasteiger partial charge in [0.05, 0.1) is 11.2 Å². The van der Waals surface area contributed by atoms with Crippen LogP contribution in [0.4, 0.5) is 5.69 Å². The lowest BCUT2D eigenvalue weighted by Gasteiger charge is -2.15. The lowest BCUT2D eigenvalue weighted by Crippen LogP contribution is -2.03. The van der Waals surface area contributed by atoms with Crippen molar-refractivity contribution in [2.24, 2.45) is 0 Å². The second-order valence-corrected chi connectivity index (χ2v) is 7.50. The van der Waals surface area contributed by atoms with Gasteiger partial charge in [0.15, 0.2) is 0 Å². The average molecular weight is 450 g/mol. The van der Waals surface area contributed by atoms with E-state index in [-0.39, 0.29) is 10.7 Å². The van der Waals surface area contributed by atoms with Crippen molar-refractivity contribution in [2.75, 3.05) is 5.32 Å². The highest BCUT2D eigenvalue weighted by Gasteiger charge is 2.23. The largest absolute Gasteiger partial charge is 0.325 e. The van der Waals surface area contributed by atoms with Crippen LogP contribution in [0.5, 0.6) is 0 Å². The number of benzene rings is 2. The summed E-state index contributed by atoms with van der Waals surface area (Å²) in [5.74, 6) is -0.00478. The Labute approximate surface area is 149 Å². The van der Waals surface area contributed by atoms with Crippen molar-refractivity contribution in [3.8, 4) is 0 Å². The van der Waals surface area contributed by atoms with Gasteiger partial charge in [-0.15, -0.1) is 0 Å². The van der Waals surface area contributed by atoms with Crippen molar-refractivity contribution in [3.63, 3.8) is 0 Å². The van der Waals surface area contributed by atoms with Crippen LogP contribution in [0.2, 0.25) is 10.0 Å². The van der Waals surface area contributed by atoms with Gasteiger partial charge in [0.1, 0.15) is 0 Å². The summed E-state index contributed by atoms with van der Waals surface area (Å²) in [4.78, 5) is 11.4. The number of hydrogen-bond donors (Lipinski definition) is 1. The van der Waals surface area contributed by atoms with E-state index in [1.54, 1.807) is 6.07 Å². The van der Waals surface area contributed by atoms with Gasteiger partial charge < -0.3 is 5.32 Å². The Hall–Kier alpha value is -0.550. The molecule has 3 rings (SSSR count). The zero-order valence-corrected chi connectivity index (χ0v) is 15.3. The summed E-state index contributed by atoms with van der Waals surface area (Å²) in [6.07, 6.45) is 0.387. The van der Waals surface area contributed by atoms with Gasteiger partial charge in [-0.25, -0.2) is 0 Å². The van der Waals surface area contributed by atoms with Gasteiger partial charge >= 0.3 is 0 Å². The first-order chi connectivity index (χ1) is 9.94. The molecule has 1 unspecified atom stereocenters. The standard InChI is InChI=1S/C15H9Br2Cl2NO/c16-9-1-8(2-10(18)5-9)15(17)11-3-7-4-14(21)20-13(7)6-12(11)19/h1-3,5-6,15H,4H2,(H,20,21). The Bertz CT molecular complexity index is 728. The lowest BCUT2D eigenvalue weighted by atomic mass is 10.0. The number of carbonyl (C=O) groups excluding carboxylic acids is 1. The SMILES string of the molecule is O=C1Cc2cc(C(Br)c3cc(Cl)cc(Br)c3)c(Cl)cc2N1. The molecule has 0 bridgehead atoms. The summed E-state index contributed by atoms with van der Waals surface area (Å²) in [6.45, 7) is 0. The topological polar surface area (TPSA) is 29.1 Å². The first-order valence-corrected chi connectivity index (χ1v) is 8.63. The molecule has 6 heteroatoms. The van der Waals surface area contributed by atoms with Gasteiger partial charge in [0.25, 0.3) is 0 Å². The molecule has 1 amide bonds. The number of rotatable bonds is 2. The van der Waals surface area contributed by atoms with Crippen molar-refractivity contribution >= 4 is 66.7 Å². The lowest BCUT2D eigenvalue weighted by molar-refractivity contribution is -0.115. The molecule has 1 aliphatic rings. The number of hydrogen-bond acceptors (Lipinski definition) is 1. The molecule has 1 atom stereocenters. The molecule has 0 radical (unpaired) electrons. The summed E-state index contributed by atoms with van der Waals surface area (Å²) in [5.41, 5.74) is 3.67. The van der Waals surface area contributed by atoms with Crippen LogP contribution in [0.3, 0.4) is 0 Å². The molecule has 0 aromatic heterocycles. The number of alkyl halides is 1. The molecule has 2 aromatic rings. The zero-order chi connectivity index (χ0) is 15.1. The van der Waals surface area contributed by atoms with Crippen LogP contribution in [0.1, 0.15) is 21.5 Å². The average Bonchev–Trinajstić information content (AvgIpc) is 2.75. The van der Waals surface area contributed by atoms with Crippen LogP contribution in [-0.2, 0) is 11.2 Å². The summed E-state index contributed by atoms with van der Waals surface area (Å²) in [7, 11) is 0. The molecule has 0 saturated carbocycles. The molecule has 21 heavy (non-hydrogen) atoms. The second-order valence-electron chi connectivity index (χ2n) is 4.82. The Kier molecular flexibility index (Phi) is 4.33. The third-order valence-corrected chi connectivity index (χ3v) is 5.32. The molecule has 2 nitrogen and oxygen atoms in total. The number of carbonyl (C=O) groups is 1. The third kappa shape index (κ3) is 3.14. The van der Waals surface area contributed by atoms with Crippen LogP contribution in [0.15, 0.2) is 34.8 Å². The van der Waals surface area contributed by atoms with Crippen LogP contribution in [0.25, 0.3) is 0 Å². The molecule has 0 saturated heterocycles. The first-order valence-electron chi connectivity index (χ1n) is 6.16. The molecule has 108 valence electrons. The van der Waals surface area contributed by atoms with Crippen LogP contribution in [0, 0.1) is 0 Å². The predicted octanol–water partition coefficient (Wildman–Crippen LogP) is 5.73. The molecule has 1 heterocycles. The fourth-order valence-corrected chi connectivity index (χ4v) is 4.30. The van der Waals surface area contributed by atoms with Crippen LogP contribution < -0.4 is 5.32 Å². The maximum Gasteiger partial charge on any atom is 0.228 e. The van der Waals surface area contributed by atoms with E-state index >= 15 is 0 Å². The van der Waals surface area contributed by atoms with Gasteiger partial charge in [0.2, 0.25) is 5.91 Å². The minimum Gasteiger partial charge on any atom is -0.325 e. The third-order valence-electron chi connectivity index (χ3n) is 3.30. The Morgan fingerprint density at radius 2 is 1.90 bits per heavy atom. The molecule has 1 N–H and O–H groups in total. The van der Waals surface area contributed by atoms with E-state index in [4.69, 9.17) is 23.2 Å². The number of anilines is 1. The van der Waals surface area contributed by atoms with Gasteiger partial charge in [0, 0.05) is 20.2 Å². The number of amides is 1. The first kappa shape index (κ1) is 15.3. The number of halogens is 4. The fourth-order valence-electron chi connectivity index (χ4n) is 2.36. The quantitative estimate of drug-likeness (QED) is 0.582. The maximum absolute atomic E-state index is 11.5. The minimum atomic E-state index is -0.0963. The van der Waals surface area contributed by atoms with E-state index in [0.29, 0.717) is 16.5 Å². The molecule has 0 fully saturated rings. The van der Waals surface area contributed by atoms with Crippen molar-refractivity contribution in [2.45, 2.75) is 11.2 Å². The summed E-state index contributed by atoms with van der Waals surface area (Å²) in [6, 6.07) is 9.46. The zero-order valence-electron chi connectivity index (χ0n) is 10.6. The molecule has 0 aliphatic carbocycles. The molecule has 1 aliphatic heterocycles. The van der Waals surface area contributed by atoms with Crippen LogP contribution >= 0.6 is 55.1 Å². The molecule has 2 aromatic carbocycles. The second kappa shape index (κ2) is 5.92. The van der Waals surface area contributed by atoms with E-state index in [9.17, 15) is 4.79 Å². The van der Waals surface area contributed by atoms with E-state index in [1.807, 2.05) is 24.3 Å². The van der Waals surface area contributed by atoms with Gasteiger partial charge in [-0.1, -0.05) is 61.1 Å². The van der Waals surface area contributed by atoms with E-state index in [0.717, 1.165) is 26.9 Å².